The average Bonchev–Trinajstić information content (AvgIpc) is 2.28. The van der Waals surface area contributed by atoms with Crippen LogP contribution in [0.1, 0.15) is 12.5 Å². The zero-order chi connectivity index (χ0) is 13.8. The van der Waals surface area contributed by atoms with Gasteiger partial charge in [-0.1, -0.05) is 17.7 Å². The van der Waals surface area contributed by atoms with Crippen molar-refractivity contribution >= 4 is 17.3 Å². The molecule has 0 amide bonds. The van der Waals surface area contributed by atoms with Crippen molar-refractivity contribution in [1.29, 1.82) is 0 Å². The third-order valence-corrected chi connectivity index (χ3v) is 2.92. The van der Waals surface area contributed by atoms with Crippen LogP contribution in [0.3, 0.4) is 0 Å². The standard InChI is InChI=1S/C12H16ClF3N2/c1-2-18(8-12(14,15)16)10-4-3-9(5-6-17)11(13)7-10/h3-4,7H,2,5-6,8,17H2,1H3. The first-order valence-corrected chi connectivity index (χ1v) is 6.05. The van der Waals surface area contributed by atoms with Gasteiger partial charge in [0.1, 0.15) is 6.54 Å². The number of anilines is 1. The highest BCUT2D eigenvalue weighted by Crippen LogP contribution is 2.26. The fourth-order valence-corrected chi connectivity index (χ4v) is 1.96. The molecule has 1 aromatic carbocycles. The van der Waals surface area contributed by atoms with Gasteiger partial charge in [-0.05, 0) is 37.6 Å². The number of nitrogens with two attached hydrogens (primary N) is 1. The number of rotatable bonds is 5. The summed E-state index contributed by atoms with van der Waals surface area (Å²) in [5, 5.41) is 0.457. The summed E-state index contributed by atoms with van der Waals surface area (Å²) in [6.07, 6.45) is -3.61. The molecule has 18 heavy (non-hydrogen) atoms. The molecule has 0 bridgehead atoms. The Hall–Kier alpha value is -0.940. The number of benzene rings is 1. The number of hydrogen-bond donors (Lipinski definition) is 1. The van der Waals surface area contributed by atoms with Crippen LogP contribution in [0, 0.1) is 0 Å². The second kappa shape index (κ2) is 6.29. The lowest BCUT2D eigenvalue weighted by atomic mass is 10.1. The van der Waals surface area contributed by atoms with Gasteiger partial charge in [-0.3, -0.25) is 0 Å². The van der Waals surface area contributed by atoms with Crippen LogP contribution in [0.5, 0.6) is 0 Å². The first kappa shape index (κ1) is 15.1. The van der Waals surface area contributed by atoms with Crippen molar-refractivity contribution < 1.29 is 13.2 Å². The van der Waals surface area contributed by atoms with E-state index < -0.39 is 12.7 Å². The van der Waals surface area contributed by atoms with Crippen LogP contribution in [-0.4, -0.2) is 25.8 Å². The summed E-state index contributed by atoms with van der Waals surface area (Å²) in [6.45, 7) is 1.43. The molecular formula is C12H16ClF3N2. The summed E-state index contributed by atoms with van der Waals surface area (Å²) in [5.41, 5.74) is 6.74. The second-order valence-corrected chi connectivity index (χ2v) is 4.35. The molecule has 0 aromatic heterocycles. The Morgan fingerprint density at radius 2 is 2.00 bits per heavy atom. The van der Waals surface area contributed by atoms with Crippen LogP contribution in [0.25, 0.3) is 0 Å². The van der Waals surface area contributed by atoms with E-state index in [0.29, 0.717) is 23.7 Å². The van der Waals surface area contributed by atoms with E-state index >= 15 is 0 Å². The van der Waals surface area contributed by atoms with Crippen molar-refractivity contribution in [3.63, 3.8) is 0 Å². The van der Waals surface area contributed by atoms with E-state index in [1.807, 2.05) is 0 Å². The Morgan fingerprint density at radius 1 is 1.33 bits per heavy atom. The third-order valence-electron chi connectivity index (χ3n) is 2.57. The Bertz CT molecular complexity index is 393. The molecule has 6 heteroatoms. The maximum absolute atomic E-state index is 12.4. The molecule has 0 heterocycles. The minimum Gasteiger partial charge on any atom is -0.363 e. The molecule has 2 N–H and O–H groups in total. The predicted molar refractivity (Wildman–Crippen MR) is 68.2 cm³/mol. The molecule has 102 valence electrons. The molecule has 0 saturated carbocycles. The lowest BCUT2D eigenvalue weighted by Gasteiger charge is -2.25. The highest BCUT2D eigenvalue weighted by atomic mass is 35.5. The molecule has 0 aliphatic carbocycles. The lowest BCUT2D eigenvalue weighted by Crippen LogP contribution is -2.34. The fraction of sp³-hybridized carbons (Fsp3) is 0.500. The summed E-state index contributed by atoms with van der Waals surface area (Å²) in [6, 6.07) is 4.93. The monoisotopic (exact) mass is 280 g/mol. The van der Waals surface area contributed by atoms with Crippen LogP contribution >= 0.6 is 11.6 Å². The van der Waals surface area contributed by atoms with E-state index in [4.69, 9.17) is 17.3 Å². The van der Waals surface area contributed by atoms with Crippen molar-refractivity contribution in [3.05, 3.63) is 28.8 Å². The Balaban J connectivity index is 2.90. The van der Waals surface area contributed by atoms with E-state index in [9.17, 15) is 13.2 Å². The lowest BCUT2D eigenvalue weighted by molar-refractivity contribution is -0.119. The smallest absolute Gasteiger partial charge is 0.363 e. The fourth-order valence-electron chi connectivity index (χ4n) is 1.69. The number of nitrogens with zero attached hydrogens (tertiary/aromatic N) is 1. The summed E-state index contributed by atoms with van der Waals surface area (Å²) in [5.74, 6) is 0. The van der Waals surface area contributed by atoms with Gasteiger partial charge in [0.05, 0.1) is 0 Å². The van der Waals surface area contributed by atoms with Gasteiger partial charge in [-0.2, -0.15) is 13.2 Å². The summed E-state index contributed by atoms with van der Waals surface area (Å²) >= 11 is 6.02. The molecule has 0 aliphatic heterocycles. The highest BCUT2D eigenvalue weighted by Gasteiger charge is 2.30. The first-order chi connectivity index (χ1) is 8.37. The summed E-state index contributed by atoms with van der Waals surface area (Å²) < 4.78 is 37.2. The quantitative estimate of drug-likeness (QED) is 0.897. The van der Waals surface area contributed by atoms with Gasteiger partial charge in [0.25, 0.3) is 0 Å². The SMILES string of the molecule is CCN(CC(F)(F)F)c1ccc(CCN)c(Cl)c1. The van der Waals surface area contributed by atoms with Crippen LogP contribution in [0.15, 0.2) is 18.2 Å². The highest BCUT2D eigenvalue weighted by molar-refractivity contribution is 6.31. The van der Waals surface area contributed by atoms with E-state index in [0.717, 1.165) is 5.56 Å². The van der Waals surface area contributed by atoms with E-state index in [-0.39, 0.29) is 6.54 Å². The molecule has 0 unspecified atom stereocenters. The van der Waals surface area contributed by atoms with Gasteiger partial charge in [-0.15, -0.1) is 0 Å². The van der Waals surface area contributed by atoms with Gasteiger partial charge >= 0.3 is 6.18 Å². The maximum Gasteiger partial charge on any atom is 0.405 e. The van der Waals surface area contributed by atoms with Crippen molar-refractivity contribution in [2.75, 3.05) is 24.5 Å². The molecule has 0 spiro atoms. The van der Waals surface area contributed by atoms with Crippen LogP contribution in [-0.2, 0) is 6.42 Å². The molecule has 0 radical (unpaired) electrons. The van der Waals surface area contributed by atoms with Crippen LogP contribution in [0.4, 0.5) is 18.9 Å². The topological polar surface area (TPSA) is 29.3 Å². The average molecular weight is 281 g/mol. The van der Waals surface area contributed by atoms with Crippen LogP contribution < -0.4 is 10.6 Å². The minimum absolute atomic E-state index is 0.270. The largest absolute Gasteiger partial charge is 0.405 e. The van der Waals surface area contributed by atoms with Crippen LogP contribution in [0.2, 0.25) is 5.02 Å². The van der Waals surface area contributed by atoms with Crippen molar-refractivity contribution in [3.8, 4) is 0 Å². The Labute approximate surface area is 110 Å². The minimum atomic E-state index is -4.22. The number of alkyl halides is 3. The zero-order valence-electron chi connectivity index (χ0n) is 10.1. The van der Waals surface area contributed by atoms with Gasteiger partial charge in [0.2, 0.25) is 0 Å². The third kappa shape index (κ3) is 4.38. The molecule has 1 rings (SSSR count). The number of hydrogen-bond acceptors (Lipinski definition) is 2. The molecule has 0 atom stereocenters. The zero-order valence-corrected chi connectivity index (χ0v) is 10.9. The molecular weight excluding hydrogens is 265 g/mol. The first-order valence-electron chi connectivity index (χ1n) is 5.67. The van der Waals surface area contributed by atoms with Crippen molar-refractivity contribution in [2.24, 2.45) is 5.73 Å². The van der Waals surface area contributed by atoms with Gasteiger partial charge in [0.15, 0.2) is 0 Å². The van der Waals surface area contributed by atoms with E-state index in [1.54, 1.807) is 25.1 Å². The van der Waals surface area contributed by atoms with Crippen molar-refractivity contribution in [1.82, 2.24) is 0 Å². The second-order valence-electron chi connectivity index (χ2n) is 3.94. The van der Waals surface area contributed by atoms with Gasteiger partial charge < -0.3 is 10.6 Å². The Morgan fingerprint density at radius 3 is 2.44 bits per heavy atom. The molecule has 0 saturated heterocycles. The van der Waals surface area contributed by atoms with Gasteiger partial charge in [-0.25, -0.2) is 0 Å². The normalized spacial score (nSPS) is 11.7. The molecule has 2 nitrogen and oxygen atoms in total. The maximum atomic E-state index is 12.4. The Kier molecular flexibility index (Phi) is 5.28. The van der Waals surface area contributed by atoms with Crippen molar-refractivity contribution in [2.45, 2.75) is 19.5 Å². The number of halogens is 4. The molecule has 1 aromatic rings. The molecule has 0 aliphatic rings. The molecule has 0 fully saturated rings. The summed E-state index contributed by atoms with van der Waals surface area (Å²) in [7, 11) is 0. The van der Waals surface area contributed by atoms with Gasteiger partial charge in [0, 0.05) is 17.3 Å². The van der Waals surface area contributed by atoms with E-state index in [2.05, 4.69) is 0 Å². The summed E-state index contributed by atoms with van der Waals surface area (Å²) in [4.78, 5) is 1.23. The van der Waals surface area contributed by atoms with E-state index in [1.165, 1.54) is 4.90 Å². The predicted octanol–water partition coefficient (Wildman–Crippen LogP) is 3.23.